The van der Waals surface area contributed by atoms with Crippen LogP contribution < -0.4 is 25.5 Å². The molecule has 1 aromatic heterocycles. The van der Waals surface area contributed by atoms with Crippen LogP contribution >= 0.6 is 22.9 Å². The van der Waals surface area contributed by atoms with Crippen LogP contribution in [0.2, 0.25) is 5.02 Å². The summed E-state index contributed by atoms with van der Waals surface area (Å²) in [5.41, 5.74) is 7.95. The van der Waals surface area contributed by atoms with Crippen LogP contribution in [0.25, 0.3) is 11.3 Å². The van der Waals surface area contributed by atoms with Gasteiger partial charge >= 0.3 is 0 Å². The van der Waals surface area contributed by atoms with Crippen molar-refractivity contribution in [2.75, 3.05) is 23.8 Å². The molecule has 45 heavy (non-hydrogen) atoms. The molecule has 9 nitrogen and oxygen atoms in total. The Morgan fingerprint density at radius 3 is 2.49 bits per heavy atom. The number of carbonyl (C=O) groups excluding carboxylic acids is 2. The number of thiazole rings is 1. The molecule has 0 saturated heterocycles. The van der Waals surface area contributed by atoms with E-state index < -0.39 is 0 Å². The third-order valence-electron chi connectivity index (χ3n) is 6.47. The highest BCUT2D eigenvalue weighted by molar-refractivity contribution is 7.14. The number of nitrogens with one attached hydrogen (secondary N) is 3. The summed E-state index contributed by atoms with van der Waals surface area (Å²) in [6.07, 6.45) is 1.51. The van der Waals surface area contributed by atoms with Crippen LogP contribution in [0.4, 0.5) is 16.5 Å². The third kappa shape index (κ3) is 8.69. The summed E-state index contributed by atoms with van der Waals surface area (Å²) >= 11 is 7.44. The van der Waals surface area contributed by atoms with Gasteiger partial charge in [0, 0.05) is 32.9 Å². The molecule has 11 heteroatoms. The minimum Gasteiger partial charge on any atom is -0.490 e. The van der Waals surface area contributed by atoms with E-state index in [4.69, 9.17) is 21.1 Å². The van der Waals surface area contributed by atoms with E-state index in [-0.39, 0.29) is 18.4 Å². The summed E-state index contributed by atoms with van der Waals surface area (Å²) in [7, 11) is 0. The summed E-state index contributed by atoms with van der Waals surface area (Å²) in [6, 6.07) is 27.2. The molecule has 0 unspecified atom stereocenters. The highest BCUT2D eigenvalue weighted by Crippen LogP contribution is 2.29. The molecule has 0 spiro atoms. The topological polar surface area (TPSA) is 114 Å². The van der Waals surface area contributed by atoms with Crippen LogP contribution in [0.3, 0.4) is 0 Å². The molecular weight excluding hydrogens is 610 g/mol. The second kappa shape index (κ2) is 15.0. The molecule has 0 aliphatic heterocycles. The monoisotopic (exact) mass is 639 g/mol. The Kier molecular flexibility index (Phi) is 10.4. The fourth-order valence-corrected chi connectivity index (χ4v) is 5.04. The number of hydrazone groups is 1. The van der Waals surface area contributed by atoms with E-state index in [2.05, 4.69) is 26.1 Å². The molecule has 0 atom stereocenters. The number of carbonyl (C=O) groups is 2. The van der Waals surface area contributed by atoms with Gasteiger partial charge in [-0.15, -0.1) is 11.3 Å². The first-order valence-electron chi connectivity index (χ1n) is 14.0. The van der Waals surface area contributed by atoms with E-state index in [0.717, 1.165) is 33.3 Å². The molecule has 0 aliphatic rings. The van der Waals surface area contributed by atoms with Gasteiger partial charge in [0.2, 0.25) is 0 Å². The van der Waals surface area contributed by atoms with Crippen molar-refractivity contribution in [2.24, 2.45) is 5.10 Å². The maximum Gasteiger partial charge on any atom is 0.271 e. The van der Waals surface area contributed by atoms with Crippen LogP contribution in [-0.4, -0.2) is 36.2 Å². The Morgan fingerprint density at radius 2 is 1.73 bits per heavy atom. The maximum atomic E-state index is 12.7. The van der Waals surface area contributed by atoms with E-state index in [1.165, 1.54) is 17.6 Å². The zero-order valence-corrected chi connectivity index (χ0v) is 26.1. The van der Waals surface area contributed by atoms with Crippen molar-refractivity contribution in [2.45, 2.75) is 13.8 Å². The number of amides is 2. The lowest BCUT2D eigenvalue weighted by atomic mass is 10.1. The fraction of sp³-hybridized carbons (Fsp3) is 0.118. The molecule has 228 valence electrons. The lowest BCUT2D eigenvalue weighted by molar-refractivity contribution is -0.118. The predicted molar refractivity (Wildman–Crippen MR) is 180 cm³/mol. The van der Waals surface area contributed by atoms with Crippen LogP contribution in [0.1, 0.15) is 28.4 Å². The largest absolute Gasteiger partial charge is 0.490 e. The quantitative estimate of drug-likeness (QED) is 0.0952. The van der Waals surface area contributed by atoms with Crippen molar-refractivity contribution in [3.05, 3.63) is 118 Å². The van der Waals surface area contributed by atoms with Crippen molar-refractivity contribution in [3.8, 4) is 22.8 Å². The first-order chi connectivity index (χ1) is 21.9. The Labute approximate surface area is 269 Å². The first-order valence-corrected chi connectivity index (χ1v) is 15.3. The molecule has 0 aliphatic carbocycles. The van der Waals surface area contributed by atoms with Gasteiger partial charge in [-0.05, 0) is 85.6 Å². The number of para-hydroxylation sites is 1. The van der Waals surface area contributed by atoms with Gasteiger partial charge in [0.05, 0.1) is 18.5 Å². The molecule has 5 aromatic rings. The number of anilines is 3. The summed E-state index contributed by atoms with van der Waals surface area (Å²) in [6.45, 7) is 4.00. The van der Waals surface area contributed by atoms with Crippen LogP contribution in [0, 0.1) is 6.92 Å². The van der Waals surface area contributed by atoms with Crippen LogP contribution in [0.5, 0.6) is 11.5 Å². The van der Waals surface area contributed by atoms with Gasteiger partial charge in [-0.3, -0.25) is 9.59 Å². The normalized spacial score (nSPS) is 10.8. The minimum atomic E-state index is -0.356. The zero-order chi connectivity index (χ0) is 31.6. The second-order valence-corrected chi connectivity index (χ2v) is 11.0. The number of nitrogens with zero attached hydrogens (tertiary/aromatic N) is 2. The molecule has 0 radical (unpaired) electrons. The van der Waals surface area contributed by atoms with Gasteiger partial charge in [0.15, 0.2) is 23.2 Å². The Morgan fingerprint density at radius 1 is 0.956 bits per heavy atom. The second-order valence-electron chi connectivity index (χ2n) is 9.74. The third-order valence-corrected chi connectivity index (χ3v) is 7.48. The molecule has 0 fully saturated rings. The predicted octanol–water partition coefficient (Wildman–Crippen LogP) is 7.70. The molecular formula is C34H30ClN5O4S. The van der Waals surface area contributed by atoms with Gasteiger partial charge in [-0.2, -0.15) is 5.10 Å². The van der Waals surface area contributed by atoms with Crippen molar-refractivity contribution < 1.29 is 19.1 Å². The number of aromatic nitrogens is 1. The Hall–Kier alpha value is -5.19. The van der Waals surface area contributed by atoms with Gasteiger partial charge in [-0.1, -0.05) is 41.9 Å². The van der Waals surface area contributed by atoms with E-state index in [9.17, 15) is 9.59 Å². The molecule has 0 bridgehead atoms. The molecule has 0 saturated carbocycles. The van der Waals surface area contributed by atoms with Gasteiger partial charge in [-0.25, -0.2) is 10.4 Å². The summed E-state index contributed by atoms with van der Waals surface area (Å²) < 4.78 is 11.4. The number of rotatable bonds is 12. The molecule has 5 rings (SSSR count). The fourth-order valence-electron chi connectivity index (χ4n) is 4.18. The molecule has 1 heterocycles. The average Bonchev–Trinajstić information content (AvgIpc) is 3.51. The standard InChI is InChI=1S/C34H30ClN5O4S/c1-3-43-31-18-23(8-17-30(31)44-20-32(41)38-28-7-5-4-6-22(28)2)19-36-40-33(42)25-11-9-24(10-12-25)29-21-45-34(39-29)37-27-15-13-26(35)14-16-27/h4-19,21H,3,20H2,1-2H3,(H,37,39)(H,38,41)(H,40,42)/b36-19-. The average molecular weight is 640 g/mol. The van der Waals surface area contributed by atoms with E-state index in [1.54, 1.807) is 30.3 Å². The summed E-state index contributed by atoms with van der Waals surface area (Å²) in [5.74, 6) is 0.244. The van der Waals surface area contributed by atoms with Gasteiger partial charge in [0.25, 0.3) is 11.8 Å². The highest BCUT2D eigenvalue weighted by atomic mass is 35.5. The Balaban J connectivity index is 1.15. The number of halogens is 1. The number of benzene rings is 4. The number of aryl methyl sites for hydroxylation is 1. The van der Waals surface area contributed by atoms with Gasteiger partial charge in [0.1, 0.15) is 0 Å². The number of hydrogen-bond acceptors (Lipinski definition) is 8. The maximum absolute atomic E-state index is 12.7. The van der Waals surface area contributed by atoms with Gasteiger partial charge < -0.3 is 20.1 Å². The van der Waals surface area contributed by atoms with Crippen molar-refractivity contribution in [1.29, 1.82) is 0 Å². The highest BCUT2D eigenvalue weighted by Gasteiger charge is 2.11. The molecule has 2 amide bonds. The smallest absolute Gasteiger partial charge is 0.271 e. The van der Waals surface area contributed by atoms with Crippen molar-refractivity contribution >= 4 is 57.5 Å². The lowest BCUT2D eigenvalue weighted by Crippen LogP contribution is -2.20. The van der Waals surface area contributed by atoms with Crippen molar-refractivity contribution in [3.63, 3.8) is 0 Å². The van der Waals surface area contributed by atoms with E-state index in [1.807, 2.05) is 79.9 Å². The van der Waals surface area contributed by atoms with Crippen LogP contribution in [0.15, 0.2) is 101 Å². The number of hydrogen-bond donors (Lipinski definition) is 3. The van der Waals surface area contributed by atoms with E-state index in [0.29, 0.717) is 34.3 Å². The summed E-state index contributed by atoms with van der Waals surface area (Å²) in [4.78, 5) is 29.7. The Bertz CT molecular complexity index is 1810. The lowest BCUT2D eigenvalue weighted by Gasteiger charge is -2.13. The van der Waals surface area contributed by atoms with E-state index >= 15 is 0 Å². The number of ether oxygens (including phenoxy) is 2. The van der Waals surface area contributed by atoms with Crippen LogP contribution in [-0.2, 0) is 4.79 Å². The zero-order valence-electron chi connectivity index (χ0n) is 24.5. The minimum absolute atomic E-state index is 0.180. The first kappa shape index (κ1) is 31.2. The SMILES string of the molecule is CCOc1cc(/C=N\NC(=O)c2ccc(-c3csc(Nc4ccc(Cl)cc4)n3)cc2)ccc1OCC(=O)Nc1ccccc1C. The van der Waals surface area contributed by atoms with Crippen molar-refractivity contribution in [1.82, 2.24) is 10.4 Å². The molecule has 3 N–H and O–H groups in total. The summed E-state index contributed by atoms with van der Waals surface area (Å²) in [5, 5.41) is 13.6. The molecule has 4 aromatic carbocycles.